The van der Waals surface area contributed by atoms with Crippen LogP contribution in [0, 0.1) is 0 Å². The molecule has 2 aromatic carbocycles. The van der Waals surface area contributed by atoms with Gasteiger partial charge in [-0.25, -0.2) is 4.79 Å². The summed E-state index contributed by atoms with van der Waals surface area (Å²) < 4.78 is 18.9. The molecule has 1 fully saturated rings. The van der Waals surface area contributed by atoms with Crippen LogP contribution in [0.5, 0.6) is 5.75 Å². The Hall–Kier alpha value is -2.68. The Kier molecular flexibility index (Phi) is 6.35. The second-order valence-electron chi connectivity index (χ2n) is 10.3. The molecule has 0 spiro atoms. The van der Waals surface area contributed by atoms with E-state index >= 15 is 0 Å². The maximum atomic E-state index is 13.1. The predicted octanol–water partition coefficient (Wildman–Crippen LogP) is 5.10. The van der Waals surface area contributed by atoms with Crippen LogP contribution in [0.2, 0.25) is 0 Å². The Balaban J connectivity index is 1.59. The molecule has 0 bridgehead atoms. The number of fused-ring (bicyclic) bond motifs is 2. The van der Waals surface area contributed by atoms with Crippen LogP contribution < -0.4 is 10.7 Å². The summed E-state index contributed by atoms with van der Waals surface area (Å²) in [7, 11) is 0. The first-order chi connectivity index (χ1) is 15.8. The number of rotatable bonds is 4. The van der Waals surface area contributed by atoms with Crippen LogP contribution in [0.1, 0.15) is 46.6 Å². The number of phenols is 1. The first-order valence-electron chi connectivity index (χ1n) is 11.3. The number of hydrogen-bond acceptors (Lipinski definition) is 7. The zero-order chi connectivity index (χ0) is 24.7. The fourth-order valence-corrected chi connectivity index (χ4v) is 5.02. The smallest absolute Gasteiger partial charge is 0.408 e. The number of carbonyl (C=O) groups excluding carboxylic acids is 1. The molecule has 4 rings (SSSR count). The summed E-state index contributed by atoms with van der Waals surface area (Å²) in [5.74, 6) is -0.585. The number of phenolic OH excluding ortho intramolecular Hbond substituents is 1. The molecule has 2 N–H and O–H groups in total. The normalized spacial score (nSPS) is 17.6. The number of nitrogens with one attached hydrogen (secondary N) is 1. The topological polar surface area (TPSA) is 94.1 Å². The Bertz CT molecular complexity index is 1280. The van der Waals surface area contributed by atoms with Gasteiger partial charge in [0, 0.05) is 20.2 Å². The molecule has 1 aliphatic heterocycles. The third-order valence-electron chi connectivity index (χ3n) is 5.77. The minimum absolute atomic E-state index is 0.0572. The summed E-state index contributed by atoms with van der Waals surface area (Å²) in [6.07, 6.45) is 0.639. The quantitative estimate of drug-likeness (QED) is 0.500. The third-order valence-corrected chi connectivity index (χ3v) is 6.90. The van der Waals surface area contributed by atoms with Gasteiger partial charge in [0.2, 0.25) is 0 Å². The summed E-state index contributed by atoms with van der Waals surface area (Å²) in [5, 5.41) is 14.0. The van der Waals surface area contributed by atoms with Crippen LogP contribution in [0.3, 0.4) is 0 Å². The summed E-state index contributed by atoms with van der Waals surface area (Å²) in [4.78, 5) is 25.7. The standard InChI is InChI=1S/C26H31NO6S/c1-24(2,3)33-23(30)27-26(14-31-25(4,5)32-15-26)11-10-16-6-9-20-19(12-16)22(29)18-8-7-17(28)13-21(18)34-20/h6-9,12-13,28H,10-11,14-15H2,1-5H3,(H,27,30). The van der Waals surface area contributed by atoms with E-state index in [0.717, 1.165) is 15.0 Å². The molecule has 0 aliphatic carbocycles. The molecular weight excluding hydrogens is 454 g/mol. The molecule has 0 unspecified atom stereocenters. The van der Waals surface area contributed by atoms with Crippen molar-refractivity contribution in [1.29, 1.82) is 0 Å². The summed E-state index contributed by atoms with van der Waals surface area (Å²) in [6.45, 7) is 9.71. The third kappa shape index (κ3) is 5.51. The van der Waals surface area contributed by atoms with E-state index in [9.17, 15) is 14.7 Å². The number of ether oxygens (including phenoxy) is 3. The largest absolute Gasteiger partial charge is 0.508 e. The Morgan fingerprint density at radius 2 is 1.79 bits per heavy atom. The van der Waals surface area contributed by atoms with Gasteiger partial charge >= 0.3 is 6.09 Å². The molecule has 1 amide bonds. The van der Waals surface area contributed by atoms with Crippen LogP contribution in [0.15, 0.2) is 41.2 Å². The first kappa shape index (κ1) is 24.4. The van der Waals surface area contributed by atoms with Gasteiger partial charge in [0.15, 0.2) is 11.2 Å². The van der Waals surface area contributed by atoms with E-state index in [0.29, 0.717) is 23.6 Å². The van der Waals surface area contributed by atoms with E-state index in [1.54, 1.807) is 12.1 Å². The van der Waals surface area contributed by atoms with Crippen molar-refractivity contribution >= 4 is 37.6 Å². The van der Waals surface area contributed by atoms with Crippen molar-refractivity contribution < 1.29 is 24.1 Å². The highest BCUT2D eigenvalue weighted by atomic mass is 32.1. The van der Waals surface area contributed by atoms with Crippen molar-refractivity contribution in [2.45, 2.75) is 64.4 Å². The van der Waals surface area contributed by atoms with E-state index in [-0.39, 0.29) is 24.4 Å². The van der Waals surface area contributed by atoms with Crippen molar-refractivity contribution in [2.75, 3.05) is 13.2 Å². The molecule has 3 aromatic rings. The van der Waals surface area contributed by atoms with Gasteiger partial charge in [0.05, 0.1) is 18.8 Å². The number of carbonyl (C=O) groups is 1. The minimum atomic E-state index is -0.753. The van der Waals surface area contributed by atoms with Gasteiger partial charge in [0.25, 0.3) is 0 Å². The van der Waals surface area contributed by atoms with Crippen LogP contribution in [-0.4, -0.2) is 41.3 Å². The minimum Gasteiger partial charge on any atom is -0.508 e. The van der Waals surface area contributed by atoms with Gasteiger partial charge in [-0.15, -0.1) is 11.3 Å². The van der Waals surface area contributed by atoms with E-state index in [1.165, 1.54) is 17.4 Å². The predicted molar refractivity (Wildman–Crippen MR) is 134 cm³/mol. The van der Waals surface area contributed by atoms with Crippen LogP contribution in [-0.2, 0) is 20.6 Å². The van der Waals surface area contributed by atoms with Crippen LogP contribution in [0.25, 0.3) is 20.2 Å². The monoisotopic (exact) mass is 485 g/mol. The lowest BCUT2D eigenvalue weighted by molar-refractivity contribution is -0.271. The summed E-state index contributed by atoms with van der Waals surface area (Å²) >= 11 is 1.47. The maximum Gasteiger partial charge on any atom is 0.408 e. The lowest BCUT2D eigenvalue weighted by Gasteiger charge is -2.44. The molecule has 0 radical (unpaired) electrons. The second-order valence-corrected chi connectivity index (χ2v) is 11.4. The lowest BCUT2D eigenvalue weighted by Crippen LogP contribution is -2.61. The zero-order valence-electron chi connectivity index (χ0n) is 20.2. The van der Waals surface area contributed by atoms with E-state index in [2.05, 4.69) is 5.32 Å². The molecule has 0 atom stereocenters. The van der Waals surface area contributed by atoms with Crippen LogP contribution in [0.4, 0.5) is 4.79 Å². The Morgan fingerprint density at radius 3 is 2.47 bits per heavy atom. The lowest BCUT2D eigenvalue weighted by atomic mass is 9.91. The molecule has 34 heavy (non-hydrogen) atoms. The first-order valence-corrected chi connectivity index (χ1v) is 12.1. The number of aryl methyl sites for hydroxylation is 1. The molecule has 1 aliphatic rings. The van der Waals surface area contributed by atoms with Crippen molar-refractivity contribution in [2.24, 2.45) is 0 Å². The SMILES string of the molecule is CC(C)(C)OC(=O)NC1(CCc2ccc3sc4cc(O)ccc4c(=O)c3c2)COC(C)(C)OC1. The molecular formula is C26H31NO6S. The average Bonchev–Trinajstić information content (AvgIpc) is 2.73. The van der Waals surface area contributed by atoms with Gasteiger partial charge in [-0.1, -0.05) is 6.07 Å². The molecule has 7 nitrogen and oxygen atoms in total. The van der Waals surface area contributed by atoms with Crippen LogP contribution >= 0.6 is 11.3 Å². The summed E-state index contributed by atoms with van der Waals surface area (Å²) in [6, 6.07) is 10.6. The molecule has 1 saturated heterocycles. The van der Waals surface area contributed by atoms with Gasteiger partial charge in [-0.05, 0) is 83.4 Å². The highest BCUT2D eigenvalue weighted by Crippen LogP contribution is 2.30. The average molecular weight is 486 g/mol. The van der Waals surface area contributed by atoms with Gasteiger partial charge in [-0.3, -0.25) is 4.79 Å². The van der Waals surface area contributed by atoms with E-state index in [1.807, 2.05) is 52.8 Å². The van der Waals surface area contributed by atoms with Crippen molar-refractivity contribution in [3.05, 3.63) is 52.2 Å². The maximum absolute atomic E-state index is 13.1. The van der Waals surface area contributed by atoms with E-state index < -0.39 is 23.0 Å². The Morgan fingerprint density at radius 1 is 1.09 bits per heavy atom. The van der Waals surface area contributed by atoms with Crippen molar-refractivity contribution in [3.8, 4) is 5.75 Å². The van der Waals surface area contributed by atoms with E-state index in [4.69, 9.17) is 14.2 Å². The second kappa shape index (κ2) is 8.83. The molecule has 2 heterocycles. The molecule has 0 saturated carbocycles. The fourth-order valence-electron chi connectivity index (χ4n) is 3.94. The Labute approximate surface area is 202 Å². The van der Waals surface area contributed by atoms with Gasteiger partial charge in [-0.2, -0.15) is 0 Å². The molecule has 182 valence electrons. The highest BCUT2D eigenvalue weighted by molar-refractivity contribution is 7.24. The van der Waals surface area contributed by atoms with Gasteiger partial charge in [0.1, 0.15) is 11.4 Å². The highest BCUT2D eigenvalue weighted by Gasteiger charge is 2.42. The molecule has 1 aromatic heterocycles. The van der Waals surface area contributed by atoms with Crippen molar-refractivity contribution in [1.82, 2.24) is 5.32 Å². The van der Waals surface area contributed by atoms with Gasteiger partial charge < -0.3 is 24.6 Å². The number of benzene rings is 2. The number of hydrogen-bond donors (Lipinski definition) is 2. The summed E-state index contributed by atoms with van der Waals surface area (Å²) in [5.41, 5.74) is -0.454. The number of alkyl carbamates (subject to hydrolysis) is 1. The number of aromatic hydroxyl groups is 1. The zero-order valence-corrected chi connectivity index (χ0v) is 21.0. The molecule has 8 heteroatoms. The van der Waals surface area contributed by atoms with Crippen molar-refractivity contribution in [3.63, 3.8) is 0 Å². The fraction of sp³-hybridized carbons (Fsp3) is 0.462. The number of amides is 1.